The third-order valence-corrected chi connectivity index (χ3v) is 3.00. The molecule has 0 aliphatic heterocycles. The Kier molecular flexibility index (Phi) is 1.70. The Morgan fingerprint density at radius 2 is 2.08 bits per heavy atom. The molecule has 0 unspecified atom stereocenters. The predicted octanol–water partition coefficient (Wildman–Crippen LogP) is 2.20. The summed E-state index contributed by atoms with van der Waals surface area (Å²) in [6, 6.07) is 5.43. The van der Waals surface area contributed by atoms with E-state index in [1.54, 1.807) is 0 Å². The molecule has 2 N–H and O–H groups in total. The van der Waals surface area contributed by atoms with Gasteiger partial charge in [0.15, 0.2) is 5.67 Å². The van der Waals surface area contributed by atoms with Crippen molar-refractivity contribution in [2.75, 3.05) is 0 Å². The standard InChI is InChI=1S/C11H14FN/c1-7-4-3-5-9(8(7)2)11(12)6-10(11)13/h3-5,10H,6,13H2,1-2H3/t10-,11-/m0/s1. The molecule has 1 saturated carbocycles. The monoisotopic (exact) mass is 179 g/mol. The minimum Gasteiger partial charge on any atom is -0.325 e. The molecule has 1 aliphatic rings. The van der Waals surface area contributed by atoms with Gasteiger partial charge in [-0.15, -0.1) is 0 Å². The van der Waals surface area contributed by atoms with Crippen molar-refractivity contribution >= 4 is 0 Å². The maximum atomic E-state index is 13.9. The van der Waals surface area contributed by atoms with E-state index in [-0.39, 0.29) is 6.04 Å². The van der Waals surface area contributed by atoms with Gasteiger partial charge >= 0.3 is 0 Å². The summed E-state index contributed by atoms with van der Waals surface area (Å²) in [5.41, 5.74) is 7.29. The molecule has 70 valence electrons. The Morgan fingerprint density at radius 1 is 1.46 bits per heavy atom. The molecule has 1 aliphatic carbocycles. The van der Waals surface area contributed by atoms with Gasteiger partial charge in [0.1, 0.15) is 0 Å². The highest BCUT2D eigenvalue weighted by Gasteiger charge is 2.55. The maximum Gasteiger partial charge on any atom is 0.152 e. The van der Waals surface area contributed by atoms with Crippen LogP contribution in [0.1, 0.15) is 23.1 Å². The third kappa shape index (κ3) is 1.17. The van der Waals surface area contributed by atoms with E-state index in [9.17, 15) is 4.39 Å². The van der Waals surface area contributed by atoms with E-state index in [4.69, 9.17) is 5.73 Å². The van der Waals surface area contributed by atoms with Crippen molar-refractivity contribution in [3.05, 3.63) is 34.9 Å². The van der Waals surface area contributed by atoms with Crippen LogP contribution in [-0.4, -0.2) is 6.04 Å². The fourth-order valence-electron chi connectivity index (χ4n) is 1.77. The summed E-state index contributed by atoms with van der Waals surface area (Å²) in [7, 11) is 0. The van der Waals surface area contributed by atoms with E-state index in [2.05, 4.69) is 0 Å². The van der Waals surface area contributed by atoms with Gasteiger partial charge in [-0.25, -0.2) is 4.39 Å². The highest BCUT2D eigenvalue weighted by atomic mass is 19.1. The van der Waals surface area contributed by atoms with Gasteiger partial charge in [0.05, 0.1) is 0 Å². The number of aryl methyl sites for hydroxylation is 1. The van der Waals surface area contributed by atoms with Crippen molar-refractivity contribution < 1.29 is 4.39 Å². The molecule has 0 spiro atoms. The quantitative estimate of drug-likeness (QED) is 0.702. The molecule has 0 aromatic heterocycles. The molecule has 1 aromatic rings. The lowest BCUT2D eigenvalue weighted by Crippen LogP contribution is -2.14. The molecule has 13 heavy (non-hydrogen) atoms. The van der Waals surface area contributed by atoms with Gasteiger partial charge in [-0.1, -0.05) is 18.2 Å². The highest BCUT2D eigenvalue weighted by molar-refractivity contribution is 5.42. The minimum atomic E-state index is -1.24. The van der Waals surface area contributed by atoms with Crippen molar-refractivity contribution in [1.82, 2.24) is 0 Å². The molecular weight excluding hydrogens is 165 g/mol. The zero-order valence-electron chi connectivity index (χ0n) is 7.97. The smallest absolute Gasteiger partial charge is 0.152 e. The molecule has 0 radical (unpaired) electrons. The van der Waals surface area contributed by atoms with Crippen LogP contribution in [0.15, 0.2) is 18.2 Å². The molecule has 1 fully saturated rings. The van der Waals surface area contributed by atoms with E-state index in [1.165, 1.54) is 0 Å². The Morgan fingerprint density at radius 3 is 2.62 bits per heavy atom. The van der Waals surface area contributed by atoms with Gasteiger partial charge in [-0.3, -0.25) is 0 Å². The first-order valence-corrected chi connectivity index (χ1v) is 4.57. The first-order valence-electron chi connectivity index (χ1n) is 4.57. The second-order valence-electron chi connectivity index (χ2n) is 3.92. The topological polar surface area (TPSA) is 26.0 Å². The summed E-state index contributed by atoms with van der Waals surface area (Å²) in [5.74, 6) is 0. The summed E-state index contributed by atoms with van der Waals surface area (Å²) in [4.78, 5) is 0. The maximum absolute atomic E-state index is 13.9. The second kappa shape index (κ2) is 2.55. The number of halogens is 1. The summed E-state index contributed by atoms with van der Waals surface area (Å²) >= 11 is 0. The number of alkyl halides is 1. The SMILES string of the molecule is Cc1cccc([C@@]2(F)C[C@@H]2N)c1C. The van der Waals surface area contributed by atoms with Crippen LogP contribution in [0.5, 0.6) is 0 Å². The first kappa shape index (κ1) is 8.70. The summed E-state index contributed by atoms with van der Waals surface area (Å²) < 4.78 is 13.9. The fraction of sp³-hybridized carbons (Fsp3) is 0.455. The molecule has 2 atom stereocenters. The van der Waals surface area contributed by atoms with E-state index in [0.29, 0.717) is 6.42 Å². The van der Waals surface area contributed by atoms with Crippen molar-refractivity contribution in [2.24, 2.45) is 5.73 Å². The lowest BCUT2D eigenvalue weighted by atomic mass is 9.98. The number of nitrogens with two attached hydrogens (primary N) is 1. The lowest BCUT2D eigenvalue weighted by Gasteiger charge is -2.12. The molecule has 0 saturated heterocycles. The molecule has 2 rings (SSSR count). The Labute approximate surface area is 77.8 Å². The van der Waals surface area contributed by atoms with Gasteiger partial charge in [0.2, 0.25) is 0 Å². The van der Waals surface area contributed by atoms with Gasteiger partial charge < -0.3 is 5.73 Å². The van der Waals surface area contributed by atoms with Crippen LogP contribution in [0.25, 0.3) is 0 Å². The molecule has 1 nitrogen and oxygen atoms in total. The molecular formula is C11H14FN. The van der Waals surface area contributed by atoms with Crippen LogP contribution in [0.4, 0.5) is 4.39 Å². The molecule has 2 heteroatoms. The molecule has 0 heterocycles. The Bertz CT molecular complexity index is 348. The lowest BCUT2D eigenvalue weighted by molar-refractivity contribution is 0.305. The fourth-order valence-corrected chi connectivity index (χ4v) is 1.77. The van der Waals surface area contributed by atoms with Crippen molar-refractivity contribution in [2.45, 2.75) is 32.0 Å². The summed E-state index contributed by atoms with van der Waals surface area (Å²) in [5, 5.41) is 0. The van der Waals surface area contributed by atoms with Crippen LogP contribution in [0.2, 0.25) is 0 Å². The van der Waals surface area contributed by atoms with Gasteiger partial charge in [-0.2, -0.15) is 0 Å². The van der Waals surface area contributed by atoms with E-state index < -0.39 is 5.67 Å². The van der Waals surface area contributed by atoms with Crippen molar-refractivity contribution in [1.29, 1.82) is 0 Å². The summed E-state index contributed by atoms with van der Waals surface area (Å²) in [6.45, 7) is 3.95. The summed E-state index contributed by atoms with van der Waals surface area (Å²) in [6.07, 6.45) is 0.470. The number of rotatable bonds is 1. The van der Waals surface area contributed by atoms with Crippen LogP contribution in [-0.2, 0) is 5.67 Å². The molecule has 0 amide bonds. The average Bonchev–Trinajstić information content (AvgIpc) is 2.67. The zero-order valence-corrected chi connectivity index (χ0v) is 7.97. The third-order valence-electron chi connectivity index (χ3n) is 3.00. The minimum absolute atomic E-state index is 0.298. The van der Waals surface area contributed by atoms with Crippen LogP contribution in [0, 0.1) is 13.8 Å². The largest absolute Gasteiger partial charge is 0.325 e. The van der Waals surface area contributed by atoms with Crippen LogP contribution < -0.4 is 5.73 Å². The molecule has 0 bridgehead atoms. The van der Waals surface area contributed by atoms with E-state index in [1.807, 2.05) is 32.0 Å². The second-order valence-corrected chi connectivity index (χ2v) is 3.92. The highest BCUT2D eigenvalue weighted by Crippen LogP contribution is 2.49. The van der Waals surface area contributed by atoms with Gasteiger partial charge in [0.25, 0.3) is 0 Å². The normalized spacial score (nSPS) is 31.8. The van der Waals surface area contributed by atoms with Gasteiger partial charge in [-0.05, 0) is 30.5 Å². The van der Waals surface area contributed by atoms with Crippen molar-refractivity contribution in [3.63, 3.8) is 0 Å². The number of hydrogen-bond acceptors (Lipinski definition) is 1. The number of hydrogen-bond donors (Lipinski definition) is 1. The Balaban J connectivity index is 2.47. The van der Waals surface area contributed by atoms with E-state index >= 15 is 0 Å². The van der Waals surface area contributed by atoms with Gasteiger partial charge in [0, 0.05) is 12.5 Å². The number of benzene rings is 1. The van der Waals surface area contributed by atoms with Crippen LogP contribution in [0.3, 0.4) is 0 Å². The zero-order chi connectivity index (χ0) is 9.64. The van der Waals surface area contributed by atoms with E-state index in [0.717, 1.165) is 16.7 Å². The first-order chi connectivity index (χ1) is 6.05. The van der Waals surface area contributed by atoms with Crippen molar-refractivity contribution in [3.8, 4) is 0 Å². The molecule has 1 aromatic carbocycles. The average molecular weight is 179 g/mol. The Hall–Kier alpha value is -0.890. The van der Waals surface area contributed by atoms with Crippen LogP contribution >= 0.6 is 0 Å². The predicted molar refractivity (Wildman–Crippen MR) is 51.3 cm³/mol.